The molecule has 16 heavy (non-hydrogen) atoms. The second-order valence-electron chi connectivity index (χ2n) is 5.02. The van der Waals surface area contributed by atoms with Crippen molar-refractivity contribution in [1.29, 1.82) is 0 Å². The van der Waals surface area contributed by atoms with Gasteiger partial charge in [-0.1, -0.05) is 12.8 Å². The number of likely N-dealkylation sites (tertiary alicyclic amines) is 1. The molecule has 0 atom stereocenters. The molecule has 0 bridgehead atoms. The first-order chi connectivity index (χ1) is 7.60. The lowest BCUT2D eigenvalue weighted by Crippen LogP contribution is -2.57. The molecule has 0 aromatic carbocycles. The summed E-state index contributed by atoms with van der Waals surface area (Å²) in [7, 11) is 0. The second-order valence-corrected chi connectivity index (χ2v) is 5.02. The zero-order valence-electron chi connectivity index (χ0n) is 9.37. The average Bonchev–Trinajstić information content (AvgIpc) is 2.63. The highest BCUT2D eigenvalue weighted by atomic mass is 16.4. The fourth-order valence-electron chi connectivity index (χ4n) is 2.89. The fourth-order valence-corrected chi connectivity index (χ4v) is 2.89. The van der Waals surface area contributed by atoms with E-state index in [1.165, 1.54) is 25.7 Å². The minimum Gasteiger partial charge on any atom is -0.480 e. The highest BCUT2D eigenvalue weighted by Crippen LogP contribution is 2.45. The first kappa shape index (κ1) is 11.4. The monoisotopic (exact) mass is 226 g/mol. The normalized spacial score (nSPS) is 23.0. The predicted octanol–water partition coefficient (Wildman–Crippen LogP) is 0.0632. The Balaban J connectivity index is 1.65. The zero-order chi connectivity index (χ0) is 11.6. The Morgan fingerprint density at radius 2 is 1.88 bits per heavy atom. The Bertz CT molecular complexity index is 290. The summed E-state index contributed by atoms with van der Waals surface area (Å²) in [5, 5.41) is 10.8. The Hall–Kier alpha value is -1.10. The molecule has 1 aliphatic carbocycles. The molecule has 1 saturated heterocycles. The van der Waals surface area contributed by atoms with E-state index in [9.17, 15) is 9.59 Å². The van der Waals surface area contributed by atoms with Crippen molar-refractivity contribution in [2.45, 2.75) is 25.7 Å². The fraction of sp³-hybridized carbons (Fsp3) is 0.818. The number of carboxylic acid groups (broad SMARTS) is 1. The highest BCUT2D eigenvalue weighted by molar-refractivity contribution is 5.82. The number of nitrogens with one attached hydrogen (secondary N) is 1. The molecule has 0 aromatic heterocycles. The number of amides is 1. The third-order valence-electron chi connectivity index (χ3n) is 3.59. The molecule has 1 spiro atoms. The lowest BCUT2D eigenvalue weighted by molar-refractivity contribution is -0.138. The van der Waals surface area contributed by atoms with Crippen molar-refractivity contribution in [3.63, 3.8) is 0 Å². The molecule has 1 aliphatic heterocycles. The largest absolute Gasteiger partial charge is 0.480 e. The van der Waals surface area contributed by atoms with Gasteiger partial charge in [0.2, 0.25) is 5.91 Å². The first-order valence-corrected chi connectivity index (χ1v) is 5.81. The first-order valence-electron chi connectivity index (χ1n) is 5.81. The molecule has 0 unspecified atom stereocenters. The molecule has 0 radical (unpaired) electrons. The summed E-state index contributed by atoms with van der Waals surface area (Å²) in [6.45, 7) is 2.08. The van der Waals surface area contributed by atoms with Gasteiger partial charge in [0.05, 0.1) is 6.54 Å². The lowest BCUT2D eigenvalue weighted by Gasteiger charge is -2.48. The van der Waals surface area contributed by atoms with Crippen molar-refractivity contribution in [3.05, 3.63) is 0 Å². The average molecular weight is 226 g/mol. The molecule has 1 amide bonds. The van der Waals surface area contributed by atoms with Gasteiger partial charge in [0.1, 0.15) is 6.54 Å². The molecular weight excluding hydrogens is 208 g/mol. The van der Waals surface area contributed by atoms with Gasteiger partial charge in [-0.05, 0) is 18.3 Å². The summed E-state index contributed by atoms with van der Waals surface area (Å²) in [6, 6.07) is 0. The van der Waals surface area contributed by atoms with Gasteiger partial charge in [0.15, 0.2) is 0 Å². The van der Waals surface area contributed by atoms with Gasteiger partial charge >= 0.3 is 5.97 Å². The summed E-state index contributed by atoms with van der Waals surface area (Å²) >= 11 is 0. The molecule has 2 fully saturated rings. The number of carbonyl (C=O) groups excluding carboxylic acids is 1. The zero-order valence-corrected chi connectivity index (χ0v) is 9.37. The van der Waals surface area contributed by atoms with Crippen LogP contribution in [0.1, 0.15) is 25.7 Å². The van der Waals surface area contributed by atoms with E-state index in [0.29, 0.717) is 12.0 Å². The van der Waals surface area contributed by atoms with Crippen LogP contribution in [0.15, 0.2) is 0 Å². The summed E-state index contributed by atoms with van der Waals surface area (Å²) in [5.74, 6) is -1.18. The number of rotatable bonds is 4. The van der Waals surface area contributed by atoms with Crippen LogP contribution in [0.2, 0.25) is 0 Å². The standard InChI is InChI=1S/C11H18N2O3/c14-9(12-5-10(15)16)6-13-7-11(8-13)3-1-2-4-11/h1-8H2,(H,12,14)(H,15,16). The summed E-state index contributed by atoms with van der Waals surface area (Å²) in [5.41, 5.74) is 0.493. The van der Waals surface area contributed by atoms with Gasteiger partial charge < -0.3 is 10.4 Å². The van der Waals surface area contributed by atoms with Gasteiger partial charge in [-0.25, -0.2) is 0 Å². The van der Waals surface area contributed by atoms with E-state index in [4.69, 9.17) is 5.11 Å². The Labute approximate surface area is 94.8 Å². The quantitative estimate of drug-likeness (QED) is 0.711. The van der Waals surface area contributed by atoms with Gasteiger partial charge in [-0.15, -0.1) is 0 Å². The van der Waals surface area contributed by atoms with Crippen LogP contribution in [0.5, 0.6) is 0 Å². The van der Waals surface area contributed by atoms with Gasteiger partial charge in [-0.3, -0.25) is 14.5 Å². The van der Waals surface area contributed by atoms with Crippen molar-refractivity contribution in [2.75, 3.05) is 26.2 Å². The van der Waals surface area contributed by atoms with Crippen molar-refractivity contribution < 1.29 is 14.7 Å². The van der Waals surface area contributed by atoms with Gasteiger partial charge in [0.25, 0.3) is 0 Å². The number of nitrogens with zero attached hydrogens (tertiary/aromatic N) is 1. The molecule has 90 valence electrons. The van der Waals surface area contributed by atoms with Crippen molar-refractivity contribution in [3.8, 4) is 0 Å². The minimum atomic E-state index is -0.996. The predicted molar refractivity (Wildman–Crippen MR) is 58.0 cm³/mol. The Kier molecular flexibility index (Phi) is 3.14. The summed E-state index contributed by atoms with van der Waals surface area (Å²) < 4.78 is 0. The maximum absolute atomic E-state index is 11.3. The maximum Gasteiger partial charge on any atom is 0.322 e. The SMILES string of the molecule is O=C(O)CNC(=O)CN1CC2(CCCC2)C1. The van der Waals surface area contributed by atoms with Gasteiger partial charge in [0, 0.05) is 13.1 Å². The third kappa shape index (κ3) is 2.52. The molecular formula is C11H18N2O3. The van der Waals surface area contributed by atoms with Crippen LogP contribution in [-0.4, -0.2) is 48.1 Å². The number of carbonyl (C=O) groups is 2. The van der Waals surface area contributed by atoms with E-state index in [-0.39, 0.29) is 12.5 Å². The smallest absolute Gasteiger partial charge is 0.322 e. The van der Waals surface area contributed by atoms with E-state index in [2.05, 4.69) is 10.2 Å². The van der Waals surface area contributed by atoms with E-state index in [1.54, 1.807) is 0 Å². The number of hydrogen-bond acceptors (Lipinski definition) is 3. The molecule has 2 rings (SSSR count). The number of aliphatic carboxylic acids is 1. The van der Waals surface area contributed by atoms with Crippen molar-refractivity contribution in [2.24, 2.45) is 5.41 Å². The molecule has 0 aromatic rings. The van der Waals surface area contributed by atoms with Crippen molar-refractivity contribution >= 4 is 11.9 Å². The third-order valence-corrected chi connectivity index (χ3v) is 3.59. The number of carboxylic acids is 1. The Morgan fingerprint density at radius 3 is 2.44 bits per heavy atom. The highest BCUT2D eigenvalue weighted by Gasteiger charge is 2.44. The van der Waals surface area contributed by atoms with Crippen molar-refractivity contribution in [1.82, 2.24) is 10.2 Å². The van der Waals surface area contributed by atoms with Gasteiger partial charge in [-0.2, -0.15) is 0 Å². The van der Waals surface area contributed by atoms with E-state index in [0.717, 1.165) is 13.1 Å². The van der Waals surface area contributed by atoms with Crippen LogP contribution < -0.4 is 5.32 Å². The van der Waals surface area contributed by atoms with Crippen LogP contribution in [0.3, 0.4) is 0 Å². The lowest BCUT2D eigenvalue weighted by atomic mass is 9.78. The van der Waals surface area contributed by atoms with Crippen LogP contribution in [-0.2, 0) is 9.59 Å². The molecule has 2 aliphatic rings. The van der Waals surface area contributed by atoms with E-state index < -0.39 is 5.97 Å². The topological polar surface area (TPSA) is 69.6 Å². The summed E-state index contributed by atoms with van der Waals surface area (Å²) in [6.07, 6.45) is 5.22. The molecule has 1 saturated carbocycles. The Morgan fingerprint density at radius 1 is 1.25 bits per heavy atom. The molecule has 5 nitrogen and oxygen atoms in total. The molecule has 1 heterocycles. The maximum atomic E-state index is 11.3. The number of hydrogen-bond donors (Lipinski definition) is 2. The van der Waals surface area contributed by atoms with Crippen LogP contribution in [0.4, 0.5) is 0 Å². The van der Waals surface area contributed by atoms with E-state index in [1.807, 2.05) is 0 Å². The van der Waals surface area contributed by atoms with Crippen LogP contribution in [0, 0.1) is 5.41 Å². The minimum absolute atomic E-state index is 0.185. The van der Waals surface area contributed by atoms with Crippen LogP contribution >= 0.6 is 0 Å². The second kappa shape index (κ2) is 4.41. The molecule has 5 heteroatoms. The van der Waals surface area contributed by atoms with Crippen LogP contribution in [0.25, 0.3) is 0 Å². The summed E-state index contributed by atoms with van der Waals surface area (Å²) in [4.78, 5) is 23.7. The molecule has 2 N–H and O–H groups in total. The van der Waals surface area contributed by atoms with E-state index >= 15 is 0 Å².